The van der Waals surface area contributed by atoms with Crippen LogP contribution in [0.3, 0.4) is 0 Å². The van der Waals surface area contributed by atoms with Crippen LogP contribution in [0.15, 0.2) is 0 Å². The summed E-state index contributed by atoms with van der Waals surface area (Å²) in [6.07, 6.45) is 2.75. The highest BCUT2D eigenvalue weighted by atomic mass is 16.8. The second-order valence-electron chi connectivity index (χ2n) is 4.72. The molecular weight excluding hydrogens is 226 g/mol. The monoisotopic (exact) mass is 246 g/mol. The average molecular weight is 246 g/mol. The molecule has 2 unspecified atom stereocenters. The number of epoxide rings is 2. The van der Waals surface area contributed by atoms with Gasteiger partial charge in [0.05, 0.1) is 32.0 Å². The lowest BCUT2D eigenvalue weighted by Crippen LogP contribution is -2.49. The number of quaternary nitrogens is 1. The number of hydrogen-bond acceptors (Lipinski definition) is 6. The Kier molecular flexibility index (Phi) is 3.57. The van der Waals surface area contributed by atoms with Gasteiger partial charge in [0.15, 0.2) is 13.1 Å². The van der Waals surface area contributed by atoms with Crippen molar-refractivity contribution in [2.75, 3.05) is 39.5 Å². The van der Waals surface area contributed by atoms with Crippen molar-refractivity contribution in [3.63, 3.8) is 0 Å². The summed E-state index contributed by atoms with van der Waals surface area (Å²) in [5.74, 6) is 0. The molecular formula is C10H20N3O4+. The fraction of sp³-hybridized carbons (Fsp3) is 1.00. The van der Waals surface area contributed by atoms with E-state index >= 15 is 0 Å². The molecule has 17 heavy (non-hydrogen) atoms. The summed E-state index contributed by atoms with van der Waals surface area (Å²) in [6, 6.07) is 0. The molecule has 0 aromatic carbocycles. The molecule has 0 spiro atoms. The maximum atomic E-state index is 5.71. The Labute approximate surface area is 100 Å². The Morgan fingerprint density at radius 3 is 2.29 bits per heavy atom. The molecule has 3 fully saturated rings. The van der Waals surface area contributed by atoms with Gasteiger partial charge in [-0.25, -0.2) is 0 Å². The fourth-order valence-electron chi connectivity index (χ4n) is 1.55. The van der Waals surface area contributed by atoms with Crippen molar-refractivity contribution in [3.8, 4) is 0 Å². The third kappa shape index (κ3) is 4.14. The molecule has 0 aromatic rings. The van der Waals surface area contributed by atoms with E-state index in [0.29, 0.717) is 23.6 Å². The maximum absolute atomic E-state index is 5.71. The molecule has 3 aliphatic heterocycles. The predicted molar refractivity (Wildman–Crippen MR) is 56.9 cm³/mol. The molecule has 3 aliphatic rings. The van der Waals surface area contributed by atoms with E-state index in [2.05, 4.69) is 11.1 Å². The van der Waals surface area contributed by atoms with Gasteiger partial charge in [-0.1, -0.05) is 10.3 Å². The molecule has 7 heteroatoms. The Hall–Kier alpha value is -0.280. The number of nitrogens with one attached hydrogen (secondary N) is 2. The third-order valence-electron chi connectivity index (χ3n) is 3.08. The van der Waals surface area contributed by atoms with Gasteiger partial charge >= 0.3 is 0 Å². The number of rotatable bonds is 10. The summed E-state index contributed by atoms with van der Waals surface area (Å²) in [5.41, 5.74) is 5.76. The van der Waals surface area contributed by atoms with Gasteiger partial charge < -0.3 is 9.47 Å². The number of nitrogens with zero attached hydrogens (tertiary/aromatic N) is 1. The van der Waals surface area contributed by atoms with Crippen LogP contribution >= 0.6 is 0 Å². The van der Waals surface area contributed by atoms with E-state index in [0.717, 1.165) is 45.8 Å². The largest absolute Gasteiger partial charge is 0.373 e. The van der Waals surface area contributed by atoms with Crippen LogP contribution in [-0.2, 0) is 19.1 Å². The first-order valence-electron chi connectivity index (χ1n) is 6.25. The van der Waals surface area contributed by atoms with Gasteiger partial charge in [0.1, 0.15) is 6.61 Å². The van der Waals surface area contributed by atoms with E-state index in [1.165, 1.54) is 0 Å². The van der Waals surface area contributed by atoms with Crippen LogP contribution < -0.4 is 11.1 Å². The van der Waals surface area contributed by atoms with Crippen molar-refractivity contribution in [1.29, 1.82) is 0 Å². The van der Waals surface area contributed by atoms with Gasteiger partial charge in [-0.05, 0) is 5.53 Å². The van der Waals surface area contributed by atoms with Crippen molar-refractivity contribution in [3.05, 3.63) is 0 Å². The van der Waals surface area contributed by atoms with Gasteiger partial charge in [-0.3, -0.25) is 4.84 Å². The zero-order chi connectivity index (χ0) is 11.6. The highest BCUT2D eigenvalue weighted by molar-refractivity contribution is 4.67. The molecule has 3 heterocycles. The van der Waals surface area contributed by atoms with Crippen LogP contribution in [0.1, 0.15) is 12.8 Å². The first-order chi connectivity index (χ1) is 8.36. The second kappa shape index (κ2) is 5.15. The number of hydrogen-bond donors (Lipinski definition) is 2. The van der Waals surface area contributed by atoms with Crippen LogP contribution in [0.2, 0.25) is 0 Å². The van der Waals surface area contributed by atoms with E-state index in [9.17, 15) is 0 Å². The van der Waals surface area contributed by atoms with E-state index in [1.807, 2.05) is 0 Å². The highest BCUT2D eigenvalue weighted by Crippen LogP contribution is 2.20. The predicted octanol–water partition coefficient (Wildman–Crippen LogP) is -0.733. The summed E-state index contributed by atoms with van der Waals surface area (Å²) in [7, 11) is 0. The number of hydrazine groups is 1. The Bertz CT molecular complexity index is 254. The molecule has 0 bridgehead atoms. The van der Waals surface area contributed by atoms with Crippen molar-refractivity contribution < 1.29 is 23.9 Å². The minimum atomic E-state index is 0.413. The highest BCUT2D eigenvalue weighted by Gasteiger charge is 2.47. The summed E-state index contributed by atoms with van der Waals surface area (Å²) >= 11 is 0. The minimum absolute atomic E-state index is 0.413. The second-order valence-corrected chi connectivity index (χ2v) is 4.72. The Balaban J connectivity index is 1.20. The van der Waals surface area contributed by atoms with E-state index < -0.39 is 0 Å². The quantitative estimate of drug-likeness (QED) is 0.229. The standard InChI is InChI=1S/C10H20N3O4/c1(9-7-14-9)5-16-12-11-13(3-4-13)17-6-2-10-8-15-10/h9-12H,1-8H2/q+1. The molecule has 0 aliphatic carbocycles. The Morgan fingerprint density at radius 2 is 1.71 bits per heavy atom. The average Bonchev–Trinajstić information content (AvgIpc) is 3.16. The van der Waals surface area contributed by atoms with Crippen LogP contribution in [0.5, 0.6) is 0 Å². The van der Waals surface area contributed by atoms with Crippen molar-refractivity contribution in [2.45, 2.75) is 25.0 Å². The fourth-order valence-corrected chi connectivity index (χ4v) is 1.55. The first kappa shape index (κ1) is 11.8. The van der Waals surface area contributed by atoms with E-state index in [1.54, 1.807) is 0 Å². The molecule has 0 radical (unpaired) electrons. The number of ether oxygens (including phenoxy) is 2. The van der Waals surface area contributed by atoms with Gasteiger partial charge in [0.2, 0.25) is 0 Å². The molecule has 2 atom stereocenters. The lowest BCUT2D eigenvalue weighted by Gasteiger charge is -2.16. The molecule has 98 valence electrons. The minimum Gasteiger partial charge on any atom is -0.373 e. The van der Waals surface area contributed by atoms with Crippen LogP contribution in [0.4, 0.5) is 0 Å². The SMILES string of the molecule is C(CC1CO1)ONN[N+]1(OCCC2CO2)CC1. The van der Waals surface area contributed by atoms with Gasteiger partial charge in [0.25, 0.3) is 0 Å². The Morgan fingerprint density at radius 1 is 1.06 bits per heavy atom. The lowest BCUT2D eigenvalue weighted by atomic mass is 10.4. The summed E-state index contributed by atoms with van der Waals surface area (Å²) in [4.78, 5) is 10.9. The molecule has 3 rings (SSSR count). The van der Waals surface area contributed by atoms with Gasteiger partial charge in [-0.2, -0.15) is 4.84 Å². The van der Waals surface area contributed by atoms with Crippen LogP contribution in [0.25, 0.3) is 0 Å². The molecule has 0 saturated carbocycles. The van der Waals surface area contributed by atoms with Crippen molar-refractivity contribution >= 4 is 0 Å². The molecule has 3 saturated heterocycles. The maximum Gasteiger partial charge on any atom is 0.184 e. The summed E-state index contributed by atoms with van der Waals surface area (Å²) in [6.45, 7) is 5.06. The summed E-state index contributed by atoms with van der Waals surface area (Å²) < 4.78 is 10.6. The van der Waals surface area contributed by atoms with Crippen LogP contribution in [0, 0.1) is 0 Å². The summed E-state index contributed by atoms with van der Waals surface area (Å²) in [5, 5.41) is 0. The van der Waals surface area contributed by atoms with Crippen molar-refractivity contribution in [1.82, 2.24) is 11.1 Å². The zero-order valence-electron chi connectivity index (χ0n) is 9.89. The van der Waals surface area contributed by atoms with E-state index in [-0.39, 0.29) is 0 Å². The molecule has 0 amide bonds. The van der Waals surface area contributed by atoms with Gasteiger partial charge in [-0.15, -0.1) is 0 Å². The molecule has 7 nitrogen and oxygen atoms in total. The normalized spacial score (nSPS) is 32.5. The van der Waals surface area contributed by atoms with Crippen LogP contribution in [-0.4, -0.2) is 56.5 Å². The third-order valence-corrected chi connectivity index (χ3v) is 3.08. The number of hydroxylamine groups is 2. The first-order valence-corrected chi connectivity index (χ1v) is 6.25. The van der Waals surface area contributed by atoms with Crippen molar-refractivity contribution in [2.24, 2.45) is 0 Å². The lowest BCUT2D eigenvalue weighted by molar-refractivity contribution is -1.05. The van der Waals surface area contributed by atoms with E-state index in [4.69, 9.17) is 19.1 Å². The molecule has 2 N–H and O–H groups in total. The van der Waals surface area contributed by atoms with Gasteiger partial charge in [0, 0.05) is 12.8 Å². The zero-order valence-corrected chi connectivity index (χ0v) is 9.89. The topological polar surface area (TPSA) is 67.6 Å². The smallest absolute Gasteiger partial charge is 0.184 e. The molecule has 0 aromatic heterocycles.